The molecule has 0 saturated heterocycles. The lowest BCUT2D eigenvalue weighted by atomic mass is 10.1. The molecule has 0 unspecified atom stereocenters. The minimum Gasteiger partial charge on any atom is -0.341 e. The molecule has 0 atom stereocenters. The van der Waals surface area contributed by atoms with Crippen LogP contribution in [-0.4, -0.2) is 14.3 Å². The number of hydrogen-bond acceptors (Lipinski definition) is 1. The molecule has 0 aliphatic carbocycles. The van der Waals surface area contributed by atoms with Gasteiger partial charge in [0.05, 0.1) is 22.4 Å². The summed E-state index contributed by atoms with van der Waals surface area (Å²) in [6, 6.07) is 8.67. The molecule has 0 fully saturated rings. The summed E-state index contributed by atoms with van der Waals surface area (Å²) in [6.45, 7) is 8.18. The van der Waals surface area contributed by atoms with Crippen molar-refractivity contribution in [3.8, 4) is 0 Å². The maximum Gasteiger partial charge on any atom is 0.0767 e. The number of hydrogen-bond donors (Lipinski definition) is 0. The number of halogens is 1. The van der Waals surface area contributed by atoms with Gasteiger partial charge < -0.3 is 4.57 Å². The standard InChI is InChI=1S/C17H20BrN3/c1-4-14-17(18)16(21(5-2)19-14)11-20-10-9-13-12(3)7-6-8-15(13)20/h6-10H,4-5,11H2,1-3H3. The molecule has 4 heteroatoms. The van der Waals surface area contributed by atoms with Gasteiger partial charge in [-0.1, -0.05) is 19.1 Å². The van der Waals surface area contributed by atoms with Gasteiger partial charge in [-0.05, 0) is 53.9 Å². The van der Waals surface area contributed by atoms with E-state index in [-0.39, 0.29) is 0 Å². The Kier molecular flexibility index (Phi) is 3.89. The van der Waals surface area contributed by atoms with Crippen LogP contribution in [0.2, 0.25) is 0 Å². The second-order valence-corrected chi connectivity index (χ2v) is 6.12. The molecule has 2 aromatic heterocycles. The second-order valence-electron chi connectivity index (χ2n) is 5.33. The molecule has 0 radical (unpaired) electrons. The molecule has 3 aromatic rings. The van der Waals surface area contributed by atoms with Gasteiger partial charge in [-0.3, -0.25) is 4.68 Å². The smallest absolute Gasteiger partial charge is 0.0767 e. The molecular formula is C17H20BrN3. The highest BCUT2D eigenvalue weighted by atomic mass is 79.9. The van der Waals surface area contributed by atoms with Crippen molar-refractivity contribution in [1.82, 2.24) is 14.3 Å². The highest BCUT2D eigenvalue weighted by Gasteiger charge is 2.15. The van der Waals surface area contributed by atoms with Crippen LogP contribution in [-0.2, 0) is 19.5 Å². The van der Waals surface area contributed by atoms with Gasteiger partial charge in [-0.15, -0.1) is 0 Å². The number of aryl methyl sites for hydroxylation is 3. The van der Waals surface area contributed by atoms with Crippen LogP contribution < -0.4 is 0 Å². The van der Waals surface area contributed by atoms with Gasteiger partial charge in [0.1, 0.15) is 0 Å². The third kappa shape index (κ3) is 2.42. The minimum absolute atomic E-state index is 0.842. The Morgan fingerprint density at radius 3 is 2.71 bits per heavy atom. The Morgan fingerprint density at radius 2 is 2.00 bits per heavy atom. The number of fused-ring (bicyclic) bond motifs is 1. The highest BCUT2D eigenvalue weighted by Crippen LogP contribution is 2.26. The van der Waals surface area contributed by atoms with E-state index < -0.39 is 0 Å². The zero-order valence-corrected chi connectivity index (χ0v) is 14.3. The van der Waals surface area contributed by atoms with E-state index in [1.165, 1.54) is 22.2 Å². The lowest BCUT2D eigenvalue weighted by Crippen LogP contribution is -2.07. The van der Waals surface area contributed by atoms with E-state index >= 15 is 0 Å². The third-order valence-electron chi connectivity index (χ3n) is 4.05. The van der Waals surface area contributed by atoms with Crippen LogP contribution in [0, 0.1) is 6.92 Å². The van der Waals surface area contributed by atoms with E-state index in [1.807, 2.05) is 0 Å². The molecule has 0 bridgehead atoms. The van der Waals surface area contributed by atoms with Crippen molar-refractivity contribution in [3.05, 3.63) is 51.9 Å². The molecule has 3 rings (SSSR count). The van der Waals surface area contributed by atoms with Crippen molar-refractivity contribution in [3.63, 3.8) is 0 Å². The number of aromatic nitrogens is 3. The van der Waals surface area contributed by atoms with Crippen molar-refractivity contribution < 1.29 is 0 Å². The summed E-state index contributed by atoms with van der Waals surface area (Å²) in [4.78, 5) is 0. The van der Waals surface area contributed by atoms with E-state index in [1.54, 1.807) is 0 Å². The lowest BCUT2D eigenvalue weighted by Gasteiger charge is -2.09. The van der Waals surface area contributed by atoms with Crippen molar-refractivity contribution >= 4 is 26.8 Å². The van der Waals surface area contributed by atoms with E-state index in [2.05, 4.69) is 81.5 Å². The van der Waals surface area contributed by atoms with Crippen LogP contribution >= 0.6 is 15.9 Å². The molecule has 0 saturated carbocycles. The average Bonchev–Trinajstić information content (AvgIpc) is 3.03. The first kappa shape index (κ1) is 14.4. The fourth-order valence-corrected chi connectivity index (χ4v) is 3.53. The zero-order valence-electron chi connectivity index (χ0n) is 12.7. The van der Waals surface area contributed by atoms with E-state index in [9.17, 15) is 0 Å². The van der Waals surface area contributed by atoms with Gasteiger partial charge in [0, 0.05) is 23.6 Å². The average molecular weight is 346 g/mol. The Balaban J connectivity index is 2.07. The SMILES string of the molecule is CCc1nn(CC)c(Cn2ccc3c(C)cccc32)c1Br. The number of rotatable bonds is 4. The summed E-state index contributed by atoms with van der Waals surface area (Å²) in [5, 5.41) is 6.01. The largest absolute Gasteiger partial charge is 0.341 e. The molecule has 3 nitrogen and oxygen atoms in total. The van der Waals surface area contributed by atoms with Crippen LogP contribution in [0.15, 0.2) is 34.9 Å². The number of benzene rings is 1. The Hall–Kier alpha value is -1.55. The molecule has 110 valence electrons. The van der Waals surface area contributed by atoms with Crippen LogP contribution in [0.25, 0.3) is 10.9 Å². The number of nitrogens with zero attached hydrogens (tertiary/aromatic N) is 3. The van der Waals surface area contributed by atoms with Gasteiger partial charge in [0.2, 0.25) is 0 Å². The Morgan fingerprint density at radius 1 is 1.19 bits per heavy atom. The van der Waals surface area contributed by atoms with Crippen molar-refractivity contribution in [2.45, 2.75) is 40.3 Å². The maximum atomic E-state index is 4.68. The predicted octanol–water partition coefficient (Wildman–Crippen LogP) is 4.54. The van der Waals surface area contributed by atoms with Gasteiger partial charge in [0.25, 0.3) is 0 Å². The lowest BCUT2D eigenvalue weighted by molar-refractivity contribution is 0.598. The first-order valence-corrected chi connectivity index (χ1v) is 8.23. The summed E-state index contributed by atoms with van der Waals surface area (Å²) < 4.78 is 5.56. The molecule has 0 aliphatic heterocycles. The fraction of sp³-hybridized carbons (Fsp3) is 0.353. The van der Waals surface area contributed by atoms with Gasteiger partial charge in [-0.25, -0.2) is 0 Å². The van der Waals surface area contributed by atoms with E-state index in [0.29, 0.717) is 0 Å². The monoisotopic (exact) mass is 345 g/mol. The summed E-state index contributed by atoms with van der Waals surface area (Å²) in [6.07, 6.45) is 3.12. The van der Waals surface area contributed by atoms with Gasteiger partial charge in [-0.2, -0.15) is 5.10 Å². The molecule has 0 N–H and O–H groups in total. The molecule has 2 heterocycles. The van der Waals surface area contributed by atoms with E-state index in [4.69, 9.17) is 0 Å². The third-order valence-corrected chi connectivity index (χ3v) is 4.96. The minimum atomic E-state index is 0.842. The molecule has 21 heavy (non-hydrogen) atoms. The maximum absolute atomic E-state index is 4.68. The van der Waals surface area contributed by atoms with Crippen molar-refractivity contribution in [2.24, 2.45) is 0 Å². The quantitative estimate of drug-likeness (QED) is 0.680. The van der Waals surface area contributed by atoms with Gasteiger partial charge >= 0.3 is 0 Å². The Bertz CT molecular complexity index is 783. The first-order valence-electron chi connectivity index (χ1n) is 7.44. The summed E-state index contributed by atoms with van der Waals surface area (Å²) >= 11 is 3.73. The molecule has 0 spiro atoms. The summed E-state index contributed by atoms with van der Waals surface area (Å²) in [5.74, 6) is 0. The molecule has 0 amide bonds. The summed E-state index contributed by atoms with van der Waals surface area (Å²) in [5.41, 5.74) is 4.99. The molecule has 0 aliphatic rings. The highest BCUT2D eigenvalue weighted by molar-refractivity contribution is 9.10. The normalized spacial score (nSPS) is 11.4. The Labute approximate surface area is 133 Å². The zero-order chi connectivity index (χ0) is 15.0. The molecular weight excluding hydrogens is 326 g/mol. The topological polar surface area (TPSA) is 22.8 Å². The fourth-order valence-electron chi connectivity index (χ4n) is 2.84. The summed E-state index contributed by atoms with van der Waals surface area (Å²) in [7, 11) is 0. The van der Waals surface area contributed by atoms with Crippen LogP contribution in [0.5, 0.6) is 0 Å². The predicted molar refractivity (Wildman–Crippen MR) is 90.8 cm³/mol. The van der Waals surface area contributed by atoms with Crippen LogP contribution in [0.3, 0.4) is 0 Å². The molecule has 1 aromatic carbocycles. The van der Waals surface area contributed by atoms with Crippen molar-refractivity contribution in [2.75, 3.05) is 0 Å². The van der Waals surface area contributed by atoms with Crippen LogP contribution in [0.4, 0.5) is 0 Å². The van der Waals surface area contributed by atoms with Crippen LogP contribution in [0.1, 0.15) is 30.8 Å². The van der Waals surface area contributed by atoms with E-state index in [0.717, 1.165) is 29.7 Å². The first-order chi connectivity index (χ1) is 10.2. The van der Waals surface area contributed by atoms with Gasteiger partial charge in [0.15, 0.2) is 0 Å². The second kappa shape index (κ2) is 5.68. The van der Waals surface area contributed by atoms with Crippen molar-refractivity contribution in [1.29, 1.82) is 0 Å².